The van der Waals surface area contributed by atoms with Crippen molar-refractivity contribution in [2.75, 3.05) is 13.7 Å². The van der Waals surface area contributed by atoms with E-state index in [0.29, 0.717) is 0 Å². The highest BCUT2D eigenvalue weighted by molar-refractivity contribution is 5.73. The highest BCUT2D eigenvalue weighted by Crippen LogP contribution is 2.26. The van der Waals surface area contributed by atoms with Crippen LogP contribution >= 0.6 is 0 Å². The van der Waals surface area contributed by atoms with Crippen LogP contribution in [0.15, 0.2) is 0 Å². The van der Waals surface area contributed by atoms with Gasteiger partial charge in [-0.2, -0.15) is 0 Å². The Kier molecular flexibility index (Phi) is 4.67. The Morgan fingerprint density at radius 2 is 2.19 bits per heavy atom. The number of hydrogen-bond acceptors (Lipinski definition) is 5. The second kappa shape index (κ2) is 5.58. The molecule has 1 saturated heterocycles. The van der Waals surface area contributed by atoms with Crippen molar-refractivity contribution in [3.05, 3.63) is 0 Å². The molecule has 6 heteroatoms. The first-order valence-corrected chi connectivity index (χ1v) is 5.25. The molecule has 0 aromatic rings. The molecule has 1 fully saturated rings. The average molecular weight is 233 g/mol. The zero-order chi connectivity index (χ0) is 12.3. The lowest BCUT2D eigenvalue weighted by Gasteiger charge is -2.42. The lowest BCUT2D eigenvalue weighted by Crippen LogP contribution is -2.61. The summed E-state index contributed by atoms with van der Waals surface area (Å²) in [6.07, 6.45) is -2.03. The molecule has 2 unspecified atom stereocenters. The van der Waals surface area contributed by atoms with E-state index in [1.807, 2.05) is 0 Å². The molecule has 16 heavy (non-hydrogen) atoms. The van der Waals surface area contributed by atoms with Crippen LogP contribution in [0.3, 0.4) is 0 Å². The number of aliphatic hydroxyl groups excluding tert-OH is 2. The van der Waals surface area contributed by atoms with E-state index in [9.17, 15) is 9.90 Å². The zero-order valence-corrected chi connectivity index (χ0v) is 9.71. The molecule has 0 aromatic carbocycles. The number of ether oxygens (including phenoxy) is 2. The minimum absolute atomic E-state index is 0.190. The van der Waals surface area contributed by atoms with E-state index in [0.717, 1.165) is 0 Å². The molecular weight excluding hydrogens is 214 g/mol. The molecule has 0 bridgehead atoms. The largest absolute Gasteiger partial charge is 0.394 e. The molecule has 1 amide bonds. The third kappa shape index (κ3) is 2.70. The van der Waals surface area contributed by atoms with Gasteiger partial charge < -0.3 is 25.0 Å². The smallest absolute Gasteiger partial charge is 0.217 e. The normalized spacial score (nSPS) is 39.4. The summed E-state index contributed by atoms with van der Waals surface area (Å²) < 4.78 is 10.5. The number of rotatable bonds is 3. The third-order valence-corrected chi connectivity index (χ3v) is 2.88. The fourth-order valence-corrected chi connectivity index (χ4v) is 1.89. The second-order valence-electron chi connectivity index (χ2n) is 4.04. The molecule has 1 aliphatic rings. The first kappa shape index (κ1) is 13.4. The van der Waals surface area contributed by atoms with E-state index in [-0.39, 0.29) is 18.4 Å². The van der Waals surface area contributed by atoms with Crippen molar-refractivity contribution in [1.82, 2.24) is 5.32 Å². The van der Waals surface area contributed by atoms with Crippen LogP contribution < -0.4 is 5.32 Å². The Morgan fingerprint density at radius 1 is 1.56 bits per heavy atom. The van der Waals surface area contributed by atoms with Crippen LogP contribution in [0.25, 0.3) is 0 Å². The molecule has 0 aromatic heterocycles. The van der Waals surface area contributed by atoms with Gasteiger partial charge in [-0.25, -0.2) is 0 Å². The SMILES string of the molecule is CO[C@@H]1OC(CO)[C@@H](C)[C@H](O)C1NC(C)=O. The van der Waals surface area contributed by atoms with Gasteiger partial charge in [-0.3, -0.25) is 4.79 Å². The second-order valence-corrected chi connectivity index (χ2v) is 4.04. The van der Waals surface area contributed by atoms with E-state index in [2.05, 4.69) is 5.32 Å². The maximum Gasteiger partial charge on any atom is 0.217 e. The maximum atomic E-state index is 11.0. The molecular formula is C10H19NO5. The van der Waals surface area contributed by atoms with Crippen LogP contribution in [0.5, 0.6) is 0 Å². The average Bonchev–Trinajstić information content (AvgIpc) is 2.25. The first-order valence-electron chi connectivity index (χ1n) is 5.25. The fourth-order valence-electron chi connectivity index (χ4n) is 1.89. The van der Waals surface area contributed by atoms with Gasteiger partial charge >= 0.3 is 0 Å². The van der Waals surface area contributed by atoms with Crippen molar-refractivity contribution >= 4 is 5.91 Å². The van der Waals surface area contributed by atoms with Crippen molar-refractivity contribution < 1.29 is 24.5 Å². The van der Waals surface area contributed by atoms with E-state index < -0.39 is 24.5 Å². The van der Waals surface area contributed by atoms with Crippen LogP contribution in [-0.2, 0) is 14.3 Å². The number of amides is 1. The van der Waals surface area contributed by atoms with E-state index in [1.165, 1.54) is 14.0 Å². The summed E-state index contributed by atoms with van der Waals surface area (Å²) in [6, 6.07) is -0.611. The summed E-state index contributed by atoms with van der Waals surface area (Å²) >= 11 is 0. The summed E-state index contributed by atoms with van der Waals surface area (Å²) in [5.41, 5.74) is 0. The maximum absolute atomic E-state index is 11.0. The molecule has 5 atom stereocenters. The number of aliphatic hydroxyl groups is 2. The Labute approximate surface area is 94.5 Å². The predicted octanol–water partition coefficient (Wildman–Crippen LogP) is -1.15. The lowest BCUT2D eigenvalue weighted by molar-refractivity contribution is -0.245. The van der Waals surface area contributed by atoms with Gasteiger partial charge in [0.25, 0.3) is 0 Å². The van der Waals surface area contributed by atoms with Gasteiger partial charge in [0.05, 0.1) is 18.8 Å². The zero-order valence-electron chi connectivity index (χ0n) is 9.71. The number of nitrogens with one attached hydrogen (secondary N) is 1. The van der Waals surface area contributed by atoms with E-state index in [1.54, 1.807) is 6.92 Å². The summed E-state index contributed by atoms with van der Waals surface area (Å²) in [4.78, 5) is 11.0. The van der Waals surface area contributed by atoms with Crippen molar-refractivity contribution in [2.45, 2.75) is 38.4 Å². The molecule has 94 valence electrons. The van der Waals surface area contributed by atoms with Gasteiger partial charge in [0.2, 0.25) is 5.91 Å². The molecule has 0 saturated carbocycles. The van der Waals surface area contributed by atoms with Crippen molar-refractivity contribution in [1.29, 1.82) is 0 Å². The standard InChI is InChI=1S/C10H19NO5/c1-5-7(4-12)16-10(15-3)8(9(5)14)11-6(2)13/h5,7-10,12,14H,4H2,1-3H3,(H,11,13)/t5-,7?,8?,9+,10-/m1/s1. The Hall–Kier alpha value is -0.690. The highest BCUT2D eigenvalue weighted by atomic mass is 16.7. The van der Waals surface area contributed by atoms with E-state index >= 15 is 0 Å². The van der Waals surface area contributed by atoms with Gasteiger partial charge in [-0.15, -0.1) is 0 Å². The van der Waals surface area contributed by atoms with Gasteiger partial charge in [0.15, 0.2) is 6.29 Å². The summed E-state index contributed by atoms with van der Waals surface area (Å²) in [5.74, 6) is -0.530. The Balaban J connectivity index is 2.77. The Bertz CT molecular complexity index is 245. The third-order valence-electron chi connectivity index (χ3n) is 2.88. The highest BCUT2D eigenvalue weighted by Gasteiger charge is 2.43. The van der Waals surface area contributed by atoms with E-state index in [4.69, 9.17) is 14.6 Å². The first-order chi connectivity index (χ1) is 7.51. The molecule has 0 aliphatic carbocycles. The summed E-state index contributed by atoms with van der Waals surface area (Å²) in [5, 5.41) is 21.7. The van der Waals surface area contributed by atoms with Crippen LogP contribution in [0.1, 0.15) is 13.8 Å². The molecule has 0 spiro atoms. The monoisotopic (exact) mass is 233 g/mol. The molecule has 0 radical (unpaired) electrons. The quantitative estimate of drug-likeness (QED) is 0.573. The summed E-state index contributed by atoms with van der Waals surface area (Å²) in [7, 11) is 1.43. The van der Waals surface area contributed by atoms with Crippen molar-refractivity contribution in [3.63, 3.8) is 0 Å². The number of carbonyl (C=O) groups is 1. The fraction of sp³-hybridized carbons (Fsp3) is 0.900. The van der Waals surface area contributed by atoms with Crippen LogP contribution in [0.4, 0.5) is 0 Å². The Morgan fingerprint density at radius 3 is 2.62 bits per heavy atom. The minimum atomic E-state index is -0.806. The van der Waals surface area contributed by atoms with Gasteiger partial charge in [-0.05, 0) is 0 Å². The number of methoxy groups -OCH3 is 1. The van der Waals surface area contributed by atoms with Gasteiger partial charge in [-0.1, -0.05) is 6.92 Å². The van der Waals surface area contributed by atoms with Crippen molar-refractivity contribution in [2.24, 2.45) is 5.92 Å². The molecule has 6 nitrogen and oxygen atoms in total. The lowest BCUT2D eigenvalue weighted by atomic mass is 9.89. The molecule has 1 heterocycles. The molecule has 1 rings (SSSR count). The van der Waals surface area contributed by atoms with Gasteiger partial charge in [0.1, 0.15) is 6.04 Å². The van der Waals surface area contributed by atoms with Gasteiger partial charge in [0, 0.05) is 20.0 Å². The number of carbonyl (C=O) groups excluding carboxylic acids is 1. The topological polar surface area (TPSA) is 88.0 Å². The van der Waals surface area contributed by atoms with Crippen LogP contribution in [0, 0.1) is 5.92 Å². The number of hydrogen-bond donors (Lipinski definition) is 3. The molecule has 1 aliphatic heterocycles. The van der Waals surface area contributed by atoms with Crippen LogP contribution in [0.2, 0.25) is 0 Å². The predicted molar refractivity (Wildman–Crippen MR) is 55.5 cm³/mol. The molecule has 3 N–H and O–H groups in total. The van der Waals surface area contributed by atoms with Crippen molar-refractivity contribution in [3.8, 4) is 0 Å². The summed E-state index contributed by atoms with van der Waals surface area (Å²) in [6.45, 7) is 2.93. The minimum Gasteiger partial charge on any atom is -0.394 e. The van der Waals surface area contributed by atoms with Crippen LogP contribution in [-0.4, -0.2) is 54.4 Å².